The molecule has 0 heterocycles. The standard InChI is InChI=1S/C63H68N2O6/c1-7-9-11-13-58(66)64-50-31-25-46(26-32-50)17-15-44-19-21-48(22-20-44)41-69-71-53-36-38-55-57(40-53)63(43-62(55,5)6)42-61(3,4)54-37-35-52(39-56(54)63)70-60(68)49-29-23-45(24-30-49)16-18-47-27-33-51(34-28-47)65-59(67)14-12-10-8-2/h15-40H,7-14,41-43H2,1-6H3,(H,64,66)(H,65,67)/b17-15+,18-16+. The number of carbonyl (C=O) groups is 3. The molecule has 0 saturated heterocycles. The van der Waals surface area contributed by atoms with E-state index in [-0.39, 0.29) is 34.7 Å². The summed E-state index contributed by atoms with van der Waals surface area (Å²) in [6.07, 6.45) is 17.2. The maximum atomic E-state index is 13.6. The van der Waals surface area contributed by atoms with Crippen molar-refractivity contribution in [2.75, 3.05) is 10.6 Å². The lowest BCUT2D eigenvalue weighted by molar-refractivity contribution is -0.217. The third-order valence-electron chi connectivity index (χ3n) is 14.0. The average molecular weight is 949 g/mol. The zero-order chi connectivity index (χ0) is 50.0. The van der Waals surface area contributed by atoms with Crippen LogP contribution in [0.25, 0.3) is 24.3 Å². The predicted octanol–water partition coefficient (Wildman–Crippen LogP) is 15.4. The minimum absolute atomic E-state index is 0.0439. The fourth-order valence-electron chi connectivity index (χ4n) is 10.5. The second kappa shape index (κ2) is 22.4. The molecule has 0 aliphatic heterocycles. The molecule has 8 nitrogen and oxygen atoms in total. The molecule has 2 N–H and O–H groups in total. The van der Waals surface area contributed by atoms with Crippen molar-refractivity contribution in [1.82, 2.24) is 0 Å². The van der Waals surface area contributed by atoms with Crippen molar-refractivity contribution < 1.29 is 28.9 Å². The van der Waals surface area contributed by atoms with E-state index in [0.717, 1.165) is 90.6 Å². The van der Waals surface area contributed by atoms with Gasteiger partial charge in [0.2, 0.25) is 11.8 Å². The Balaban J connectivity index is 0.883. The van der Waals surface area contributed by atoms with E-state index in [1.807, 2.05) is 97.1 Å². The number of ether oxygens (including phenoxy) is 1. The fraction of sp³-hybridized carbons (Fsp3) is 0.317. The van der Waals surface area contributed by atoms with E-state index in [1.54, 1.807) is 12.1 Å². The zero-order valence-corrected chi connectivity index (χ0v) is 42.2. The van der Waals surface area contributed by atoms with Crippen LogP contribution in [0.1, 0.15) is 166 Å². The summed E-state index contributed by atoms with van der Waals surface area (Å²) in [5, 5.41) is 5.96. The highest BCUT2D eigenvalue weighted by atomic mass is 17.2. The number of carbonyl (C=O) groups excluding carboxylic acids is 3. The number of hydrogen-bond acceptors (Lipinski definition) is 6. The topological polar surface area (TPSA) is 103 Å². The number of rotatable bonds is 20. The molecule has 8 heteroatoms. The lowest BCUT2D eigenvalue weighted by Gasteiger charge is -2.30. The van der Waals surface area contributed by atoms with Crippen molar-refractivity contribution in [2.45, 2.75) is 129 Å². The SMILES string of the molecule is CCCCCC(=O)Nc1ccc(/C=C/c2ccc(COOc3ccc4c(c3)C3(CC4(C)C)CC(C)(C)c4ccc(OC(=O)c5ccc(/C=C/c6ccc(NC(=O)CCCCC)cc6)cc5)cc43)cc2)cc1. The van der Waals surface area contributed by atoms with E-state index in [9.17, 15) is 14.4 Å². The molecule has 0 saturated carbocycles. The monoisotopic (exact) mass is 949 g/mol. The summed E-state index contributed by atoms with van der Waals surface area (Å²) in [6.45, 7) is 13.8. The van der Waals surface area contributed by atoms with Gasteiger partial charge >= 0.3 is 5.97 Å². The number of hydrogen-bond donors (Lipinski definition) is 2. The number of unbranched alkanes of at least 4 members (excludes halogenated alkanes) is 4. The summed E-state index contributed by atoms with van der Waals surface area (Å²) < 4.78 is 6.11. The molecule has 0 bridgehead atoms. The number of esters is 1. The minimum atomic E-state index is -0.409. The van der Waals surface area contributed by atoms with Crippen LogP contribution in [0.15, 0.2) is 133 Å². The van der Waals surface area contributed by atoms with Gasteiger partial charge in [-0.15, -0.1) is 0 Å². The molecule has 1 atom stereocenters. The van der Waals surface area contributed by atoms with Crippen molar-refractivity contribution in [3.63, 3.8) is 0 Å². The van der Waals surface area contributed by atoms with Gasteiger partial charge in [-0.1, -0.05) is 164 Å². The molecule has 8 rings (SSSR count). The lowest BCUT2D eigenvalue weighted by Crippen LogP contribution is -2.27. The Hall–Kier alpha value is -7.03. The van der Waals surface area contributed by atoms with E-state index in [4.69, 9.17) is 14.5 Å². The molecule has 2 aliphatic carbocycles. The number of anilines is 2. The van der Waals surface area contributed by atoms with Gasteiger partial charge in [0.15, 0.2) is 5.75 Å². The van der Waals surface area contributed by atoms with Crippen LogP contribution < -0.4 is 20.3 Å². The second-order valence-corrected chi connectivity index (χ2v) is 20.6. The number of nitrogens with one attached hydrogen (secondary N) is 2. The van der Waals surface area contributed by atoms with Crippen molar-refractivity contribution >= 4 is 53.5 Å². The summed E-state index contributed by atoms with van der Waals surface area (Å²) >= 11 is 0. The lowest BCUT2D eigenvalue weighted by atomic mass is 9.72. The Morgan fingerprint density at radius 3 is 1.39 bits per heavy atom. The third kappa shape index (κ3) is 12.5. The summed E-state index contributed by atoms with van der Waals surface area (Å²) in [7, 11) is 0. The van der Waals surface area contributed by atoms with E-state index in [0.29, 0.717) is 29.9 Å². The maximum absolute atomic E-state index is 13.6. The summed E-state index contributed by atoms with van der Waals surface area (Å²) in [6, 6.07) is 43.8. The van der Waals surface area contributed by atoms with Gasteiger partial charge in [-0.05, 0) is 147 Å². The van der Waals surface area contributed by atoms with Crippen molar-refractivity contribution in [3.05, 3.63) is 189 Å². The smallest absolute Gasteiger partial charge is 0.343 e. The number of benzene rings is 6. The normalized spacial score (nSPS) is 16.3. The highest BCUT2D eigenvalue weighted by molar-refractivity contribution is 5.92. The molecule has 1 unspecified atom stereocenters. The van der Waals surface area contributed by atoms with Crippen LogP contribution in [-0.4, -0.2) is 17.8 Å². The van der Waals surface area contributed by atoms with Gasteiger partial charge in [-0.25, -0.2) is 4.79 Å². The number of amides is 2. The molecular formula is C63H68N2O6. The summed E-state index contributed by atoms with van der Waals surface area (Å²) in [5.74, 6) is 0.859. The zero-order valence-electron chi connectivity index (χ0n) is 42.2. The molecular weight excluding hydrogens is 881 g/mol. The fourth-order valence-corrected chi connectivity index (χ4v) is 10.5. The first kappa shape index (κ1) is 50.4. The van der Waals surface area contributed by atoms with Crippen molar-refractivity contribution in [3.8, 4) is 11.5 Å². The molecule has 0 aromatic heterocycles. The van der Waals surface area contributed by atoms with E-state index < -0.39 is 5.97 Å². The maximum Gasteiger partial charge on any atom is 0.343 e. The van der Waals surface area contributed by atoms with Gasteiger partial charge in [-0.2, -0.15) is 4.89 Å². The van der Waals surface area contributed by atoms with Gasteiger partial charge in [0.1, 0.15) is 12.4 Å². The van der Waals surface area contributed by atoms with Crippen LogP contribution in [0, 0.1) is 0 Å². The van der Waals surface area contributed by atoms with Crippen molar-refractivity contribution in [2.24, 2.45) is 0 Å². The van der Waals surface area contributed by atoms with Gasteiger partial charge < -0.3 is 20.3 Å². The highest BCUT2D eigenvalue weighted by Crippen LogP contribution is 2.63. The van der Waals surface area contributed by atoms with Gasteiger partial charge in [0.05, 0.1) is 5.56 Å². The molecule has 0 radical (unpaired) electrons. The van der Waals surface area contributed by atoms with E-state index in [2.05, 4.69) is 101 Å². The first-order valence-electron chi connectivity index (χ1n) is 25.4. The van der Waals surface area contributed by atoms with Crippen LogP contribution in [0.3, 0.4) is 0 Å². The quantitative estimate of drug-likeness (QED) is 0.0197. The van der Waals surface area contributed by atoms with Crippen LogP contribution in [0.4, 0.5) is 11.4 Å². The summed E-state index contributed by atoms with van der Waals surface area (Å²) in [4.78, 5) is 49.9. The van der Waals surface area contributed by atoms with Gasteiger partial charge in [-0.3, -0.25) is 9.59 Å². The Labute approximate surface area is 420 Å². The highest BCUT2D eigenvalue weighted by Gasteiger charge is 2.56. The predicted molar refractivity (Wildman–Crippen MR) is 288 cm³/mol. The van der Waals surface area contributed by atoms with Crippen LogP contribution >= 0.6 is 0 Å². The van der Waals surface area contributed by atoms with Crippen LogP contribution in [0.5, 0.6) is 11.5 Å². The Bertz CT molecular complexity index is 2870. The van der Waals surface area contributed by atoms with Gasteiger partial charge in [0, 0.05) is 29.6 Å². The molecule has 2 amide bonds. The molecule has 366 valence electrons. The molecule has 6 aromatic rings. The minimum Gasteiger partial charge on any atom is -0.423 e. The second-order valence-electron chi connectivity index (χ2n) is 20.6. The first-order valence-corrected chi connectivity index (χ1v) is 25.4. The average Bonchev–Trinajstić information content (AvgIpc) is 3.72. The van der Waals surface area contributed by atoms with E-state index in [1.165, 1.54) is 22.3 Å². The molecule has 1 spiro atoms. The molecule has 2 aliphatic rings. The molecule has 0 fully saturated rings. The largest absolute Gasteiger partial charge is 0.423 e. The Morgan fingerprint density at radius 2 is 0.930 bits per heavy atom. The van der Waals surface area contributed by atoms with Crippen LogP contribution in [0.2, 0.25) is 0 Å². The third-order valence-corrected chi connectivity index (χ3v) is 14.0. The van der Waals surface area contributed by atoms with Gasteiger partial charge in [0.25, 0.3) is 0 Å². The summed E-state index contributed by atoms with van der Waals surface area (Å²) in [5.41, 5.74) is 11.5. The van der Waals surface area contributed by atoms with E-state index >= 15 is 0 Å². The Kier molecular flexibility index (Phi) is 15.9. The first-order chi connectivity index (χ1) is 34.2. The van der Waals surface area contributed by atoms with Crippen LogP contribution in [-0.2, 0) is 37.3 Å². The Morgan fingerprint density at radius 1 is 0.507 bits per heavy atom. The van der Waals surface area contributed by atoms with Crippen molar-refractivity contribution in [1.29, 1.82) is 0 Å². The molecule has 6 aromatic carbocycles. The number of fused-ring (bicyclic) bond motifs is 4. The molecule has 71 heavy (non-hydrogen) atoms.